The van der Waals surface area contributed by atoms with Crippen LogP contribution in [-0.2, 0) is 10.9 Å². The van der Waals surface area contributed by atoms with Crippen LogP contribution >= 0.6 is 0 Å². The van der Waals surface area contributed by atoms with Crippen LogP contribution in [0.5, 0.6) is 5.75 Å². The molecule has 0 radical (unpaired) electrons. The molecule has 10 nitrogen and oxygen atoms in total. The lowest BCUT2D eigenvalue weighted by Gasteiger charge is -2.30. The van der Waals surface area contributed by atoms with Crippen LogP contribution in [0.15, 0.2) is 36.4 Å². The Hall–Kier alpha value is -4.42. The van der Waals surface area contributed by atoms with E-state index >= 15 is 0 Å². The summed E-state index contributed by atoms with van der Waals surface area (Å²) in [6.45, 7) is 9.47. The third-order valence-corrected chi connectivity index (χ3v) is 6.67. The number of nitro benzene ring substituents is 1. The molecule has 0 spiro atoms. The van der Waals surface area contributed by atoms with Crippen molar-refractivity contribution in [2.24, 2.45) is 0 Å². The minimum Gasteiger partial charge on any atom is -0.496 e. The molecule has 1 aliphatic heterocycles. The summed E-state index contributed by atoms with van der Waals surface area (Å²) in [5, 5.41) is 15.1. The molecule has 0 aliphatic carbocycles. The van der Waals surface area contributed by atoms with Gasteiger partial charge in [0.1, 0.15) is 23.0 Å². The molecule has 1 N–H and O–H groups in total. The van der Waals surface area contributed by atoms with Crippen LogP contribution in [0.2, 0.25) is 0 Å². The molecule has 2 heterocycles. The first kappa shape index (κ1) is 30.5. The van der Waals surface area contributed by atoms with Gasteiger partial charge in [0.2, 0.25) is 0 Å². The minimum absolute atomic E-state index is 0.0758. The van der Waals surface area contributed by atoms with E-state index in [0.717, 1.165) is 23.3 Å². The second-order valence-corrected chi connectivity index (χ2v) is 11.0. The first-order valence-corrected chi connectivity index (χ1v) is 13.2. The molecule has 3 aromatic rings. The van der Waals surface area contributed by atoms with Crippen molar-refractivity contribution in [1.29, 1.82) is 0 Å². The van der Waals surface area contributed by atoms with E-state index in [2.05, 4.69) is 15.3 Å². The Balaban J connectivity index is 1.71. The average molecular weight is 588 g/mol. The molecule has 42 heavy (non-hydrogen) atoms. The molecule has 2 aromatic carbocycles. The summed E-state index contributed by atoms with van der Waals surface area (Å²) >= 11 is 0. The van der Waals surface area contributed by atoms with Gasteiger partial charge in [0.05, 0.1) is 29.2 Å². The maximum atomic E-state index is 13.5. The predicted molar refractivity (Wildman–Crippen MR) is 151 cm³/mol. The van der Waals surface area contributed by atoms with Gasteiger partial charge in [0.15, 0.2) is 0 Å². The average Bonchev–Trinajstić information content (AvgIpc) is 2.90. The van der Waals surface area contributed by atoms with Crippen molar-refractivity contribution in [2.75, 3.05) is 25.5 Å². The lowest BCUT2D eigenvalue weighted by atomic mass is 9.96. The largest absolute Gasteiger partial charge is 0.496 e. The van der Waals surface area contributed by atoms with Crippen LogP contribution in [0.25, 0.3) is 16.5 Å². The van der Waals surface area contributed by atoms with Crippen LogP contribution in [0.1, 0.15) is 62.7 Å². The Morgan fingerprint density at radius 3 is 2.43 bits per heavy atom. The highest BCUT2D eigenvalue weighted by Crippen LogP contribution is 2.38. The van der Waals surface area contributed by atoms with Gasteiger partial charge in [0, 0.05) is 42.2 Å². The number of anilines is 1. The number of halogens is 3. The number of carbonyl (C=O) groups excluding carboxylic acids is 1. The molecule has 0 saturated carbocycles. The number of methoxy groups -OCH3 is 1. The van der Waals surface area contributed by atoms with E-state index < -0.39 is 40.1 Å². The SMILES string of the molecule is COc1cc2nc(C)nc(N[C@H](C)c3cc([N+](=O)[O-])cc(C(F)(F)F)c3)c2cc1C1=CCN(C(=O)OC(C)(C)C)CC1. The van der Waals surface area contributed by atoms with E-state index in [1.807, 2.05) is 12.1 Å². The number of ether oxygens (including phenoxy) is 2. The fourth-order valence-corrected chi connectivity index (χ4v) is 4.65. The van der Waals surface area contributed by atoms with Crippen molar-refractivity contribution in [2.45, 2.75) is 58.9 Å². The number of alkyl halides is 3. The maximum Gasteiger partial charge on any atom is 0.416 e. The van der Waals surface area contributed by atoms with E-state index in [-0.39, 0.29) is 5.56 Å². The third-order valence-electron chi connectivity index (χ3n) is 6.67. The van der Waals surface area contributed by atoms with E-state index in [1.54, 1.807) is 45.6 Å². The number of hydrogen-bond donors (Lipinski definition) is 1. The van der Waals surface area contributed by atoms with Crippen LogP contribution in [-0.4, -0.2) is 51.7 Å². The number of fused-ring (bicyclic) bond motifs is 1. The molecule has 13 heteroatoms. The maximum absolute atomic E-state index is 13.5. The molecule has 1 atom stereocenters. The Labute approximate surface area is 240 Å². The zero-order valence-corrected chi connectivity index (χ0v) is 24.1. The lowest BCUT2D eigenvalue weighted by molar-refractivity contribution is -0.385. The van der Waals surface area contributed by atoms with Crippen LogP contribution in [0, 0.1) is 17.0 Å². The van der Waals surface area contributed by atoms with Crippen molar-refractivity contribution in [3.63, 3.8) is 0 Å². The van der Waals surface area contributed by atoms with E-state index in [9.17, 15) is 28.1 Å². The molecule has 0 fully saturated rings. The Morgan fingerprint density at radius 1 is 1.14 bits per heavy atom. The van der Waals surface area contributed by atoms with E-state index in [0.29, 0.717) is 53.9 Å². The summed E-state index contributed by atoms with van der Waals surface area (Å²) in [7, 11) is 1.54. The summed E-state index contributed by atoms with van der Waals surface area (Å²) in [6, 6.07) is 5.34. The van der Waals surface area contributed by atoms with Crippen molar-refractivity contribution in [3.8, 4) is 5.75 Å². The number of nitrogens with zero attached hydrogens (tertiary/aromatic N) is 4. The first-order chi connectivity index (χ1) is 19.6. The monoisotopic (exact) mass is 587 g/mol. The smallest absolute Gasteiger partial charge is 0.416 e. The van der Waals surface area contributed by atoms with Crippen molar-refractivity contribution in [1.82, 2.24) is 14.9 Å². The Bertz CT molecular complexity index is 1570. The zero-order chi connectivity index (χ0) is 31.0. The molecule has 0 unspecified atom stereocenters. The van der Waals surface area contributed by atoms with Gasteiger partial charge in [-0.3, -0.25) is 10.1 Å². The number of benzene rings is 2. The zero-order valence-electron chi connectivity index (χ0n) is 24.1. The fourth-order valence-electron chi connectivity index (χ4n) is 4.65. The second-order valence-electron chi connectivity index (χ2n) is 11.0. The van der Waals surface area contributed by atoms with E-state index in [4.69, 9.17) is 9.47 Å². The number of carbonyl (C=O) groups is 1. The number of hydrogen-bond acceptors (Lipinski definition) is 8. The highest BCUT2D eigenvalue weighted by Gasteiger charge is 2.33. The molecule has 1 aliphatic rings. The normalized spacial score (nSPS) is 14.8. The summed E-state index contributed by atoms with van der Waals surface area (Å²) in [6.07, 6.45) is -2.70. The number of non-ortho nitro benzene ring substituents is 1. The molecular formula is C29H32F3N5O5. The summed E-state index contributed by atoms with van der Waals surface area (Å²) in [5.41, 5.74) is -0.0743. The van der Waals surface area contributed by atoms with Crippen molar-refractivity contribution in [3.05, 3.63) is 69.0 Å². The third kappa shape index (κ3) is 6.89. The standard InChI is InChI=1S/C29H32F3N5O5/c1-16(19-11-20(29(30,31)32)13-21(12-19)37(39)40)33-26-23-14-22(25(41-6)15-24(23)34-17(2)35-26)18-7-9-36(10-8-18)27(38)42-28(3,4)5/h7,11-16H,8-10H2,1-6H3,(H,33,34,35)/t16-/m1/s1. The number of aryl methyl sites for hydroxylation is 1. The van der Waals surface area contributed by atoms with Crippen LogP contribution in [0.3, 0.4) is 0 Å². The molecule has 224 valence electrons. The molecule has 0 saturated heterocycles. The van der Waals surface area contributed by atoms with E-state index in [1.165, 1.54) is 7.11 Å². The summed E-state index contributed by atoms with van der Waals surface area (Å²) in [4.78, 5) is 33.6. The van der Waals surface area contributed by atoms with Crippen molar-refractivity contribution >= 4 is 34.1 Å². The molecule has 0 bridgehead atoms. The van der Waals surface area contributed by atoms with Gasteiger partial charge in [-0.15, -0.1) is 0 Å². The fraction of sp³-hybridized carbons (Fsp3) is 0.414. The van der Waals surface area contributed by atoms with Gasteiger partial charge in [-0.25, -0.2) is 14.8 Å². The van der Waals surface area contributed by atoms with Crippen LogP contribution in [0.4, 0.5) is 29.5 Å². The summed E-state index contributed by atoms with van der Waals surface area (Å²) < 4.78 is 51.6. The van der Waals surface area contributed by atoms with Gasteiger partial charge in [-0.05, 0) is 64.3 Å². The van der Waals surface area contributed by atoms with Gasteiger partial charge in [0.25, 0.3) is 5.69 Å². The lowest BCUT2D eigenvalue weighted by Crippen LogP contribution is -2.39. The van der Waals surface area contributed by atoms with Gasteiger partial charge in [-0.2, -0.15) is 13.2 Å². The first-order valence-electron chi connectivity index (χ1n) is 13.2. The quantitative estimate of drug-likeness (QED) is 0.240. The van der Waals surface area contributed by atoms with Gasteiger partial charge >= 0.3 is 12.3 Å². The predicted octanol–water partition coefficient (Wildman–Crippen LogP) is 7.07. The topological polar surface area (TPSA) is 120 Å². The number of nitro groups is 1. The Kier molecular flexibility index (Phi) is 8.33. The highest BCUT2D eigenvalue weighted by atomic mass is 19.4. The second kappa shape index (κ2) is 11.5. The minimum atomic E-state index is -4.75. The van der Waals surface area contributed by atoms with Crippen molar-refractivity contribution < 1.29 is 32.4 Å². The molecule has 4 rings (SSSR count). The number of aromatic nitrogens is 2. The molecule has 1 aromatic heterocycles. The van der Waals surface area contributed by atoms with Crippen LogP contribution < -0.4 is 10.1 Å². The van der Waals surface area contributed by atoms with Gasteiger partial charge < -0.3 is 19.7 Å². The van der Waals surface area contributed by atoms with Gasteiger partial charge in [-0.1, -0.05) is 6.08 Å². The molecular weight excluding hydrogens is 555 g/mol. The molecule has 1 amide bonds. The summed E-state index contributed by atoms with van der Waals surface area (Å²) in [5.74, 6) is 1.32. The number of rotatable bonds is 6. The number of amides is 1. The number of nitrogens with one attached hydrogen (secondary N) is 1. The Morgan fingerprint density at radius 2 is 1.86 bits per heavy atom. The highest BCUT2D eigenvalue weighted by molar-refractivity contribution is 5.94.